The van der Waals surface area contributed by atoms with E-state index in [1.807, 2.05) is 13.0 Å². The molecule has 100 valence electrons. The lowest BCUT2D eigenvalue weighted by Gasteiger charge is -2.16. The quantitative estimate of drug-likeness (QED) is 0.899. The molecule has 0 atom stereocenters. The summed E-state index contributed by atoms with van der Waals surface area (Å²) >= 11 is 0. The number of nitrogen functional groups attached to an aromatic ring is 1. The molecule has 0 fully saturated rings. The molecule has 0 aliphatic heterocycles. The highest BCUT2D eigenvalue weighted by Crippen LogP contribution is 2.20. The van der Waals surface area contributed by atoms with Crippen LogP contribution in [0.25, 0.3) is 0 Å². The van der Waals surface area contributed by atoms with Crippen LogP contribution in [0, 0.1) is 0 Å². The Balaban J connectivity index is 2.37. The van der Waals surface area contributed by atoms with Gasteiger partial charge in [-0.2, -0.15) is 5.10 Å². The summed E-state index contributed by atoms with van der Waals surface area (Å²) in [5.41, 5.74) is 7.55. The number of anilines is 2. The summed E-state index contributed by atoms with van der Waals surface area (Å²) in [6.45, 7) is 1.95. The first-order valence-corrected chi connectivity index (χ1v) is 6.06. The van der Waals surface area contributed by atoms with Crippen molar-refractivity contribution in [1.29, 1.82) is 0 Å². The van der Waals surface area contributed by atoms with Crippen LogP contribution in [0.3, 0.4) is 0 Å². The van der Waals surface area contributed by atoms with Gasteiger partial charge in [-0.25, -0.2) is 4.98 Å². The molecule has 0 spiro atoms. The van der Waals surface area contributed by atoms with Crippen molar-refractivity contribution < 1.29 is 4.79 Å². The summed E-state index contributed by atoms with van der Waals surface area (Å²) in [5.74, 6) is 0.358. The summed E-state index contributed by atoms with van der Waals surface area (Å²) in [5, 5.41) is 4.25. The van der Waals surface area contributed by atoms with Gasteiger partial charge in [0, 0.05) is 20.3 Å². The van der Waals surface area contributed by atoms with Crippen LogP contribution >= 0.6 is 0 Å². The molecule has 0 saturated heterocycles. The molecule has 2 N–H and O–H groups in total. The van der Waals surface area contributed by atoms with Crippen molar-refractivity contribution in [2.45, 2.75) is 13.3 Å². The molecule has 0 unspecified atom stereocenters. The van der Waals surface area contributed by atoms with Crippen molar-refractivity contribution in [3.05, 3.63) is 35.8 Å². The van der Waals surface area contributed by atoms with Gasteiger partial charge in [0.15, 0.2) is 0 Å². The normalized spacial score (nSPS) is 10.5. The van der Waals surface area contributed by atoms with Crippen LogP contribution < -0.4 is 10.6 Å². The number of hydrogen-bond acceptors (Lipinski definition) is 4. The van der Waals surface area contributed by atoms with Crippen molar-refractivity contribution in [2.24, 2.45) is 7.05 Å². The van der Waals surface area contributed by atoms with Crippen molar-refractivity contribution in [3.8, 4) is 0 Å². The topological polar surface area (TPSA) is 77.0 Å². The number of aromatic nitrogens is 3. The van der Waals surface area contributed by atoms with Gasteiger partial charge in [0.25, 0.3) is 5.91 Å². The second-order valence-corrected chi connectivity index (χ2v) is 4.24. The number of hydrogen-bond donors (Lipinski definition) is 1. The Hall–Kier alpha value is -2.37. The van der Waals surface area contributed by atoms with E-state index in [4.69, 9.17) is 5.73 Å². The molecule has 0 bridgehead atoms. The van der Waals surface area contributed by atoms with Gasteiger partial charge in [-0.3, -0.25) is 14.4 Å². The molecule has 0 aromatic carbocycles. The van der Waals surface area contributed by atoms with Crippen molar-refractivity contribution in [3.63, 3.8) is 0 Å². The molecule has 0 aliphatic carbocycles. The molecule has 6 heteroatoms. The minimum absolute atomic E-state index is 0.217. The second-order valence-electron chi connectivity index (χ2n) is 4.24. The van der Waals surface area contributed by atoms with Gasteiger partial charge in [0.2, 0.25) is 0 Å². The zero-order valence-corrected chi connectivity index (χ0v) is 11.3. The average Bonchev–Trinajstić information content (AvgIpc) is 2.72. The highest BCUT2D eigenvalue weighted by Gasteiger charge is 2.23. The molecule has 2 heterocycles. The van der Waals surface area contributed by atoms with E-state index in [0.29, 0.717) is 23.6 Å². The molecule has 6 nitrogen and oxygen atoms in total. The zero-order valence-electron chi connectivity index (χ0n) is 11.3. The Morgan fingerprint density at radius 1 is 1.47 bits per heavy atom. The summed E-state index contributed by atoms with van der Waals surface area (Å²) < 4.78 is 1.52. The van der Waals surface area contributed by atoms with Gasteiger partial charge in [-0.15, -0.1) is 0 Å². The zero-order chi connectivity index (χ0) is 14.0. The van der Waals surface area contributed by atoms with E-state index in [2.05, 4.69) is 10.1 Å². The fourth-order valence-electron chi connectivity index (χ4n) is 1.93. The van der Waals surface area contributed by atoms with Gasteiger partial charge < -0.3 is 5.73 Å². The van der Waals surface area contributed by atoms with Gasteiger partial charge in [-0.1, -0.05) is 13.0 Å². The standard InChI is InChI=1S/C13H17N5O/c1-4-9-11(14)12(18(3)16-9)13(19)17(2)10-7-5-6-8-15-10/h5-8H,4,14H2,1-3H3. The van der Waals surface area contributed by atoms with Crippen molar-refractivity contribution in [2.75, 3.05) is 17.7 Å². The van der Waals surface area contributed by atoms with Crippen LogP contribution in [0.2, 0.25) is 0 Å². The average molecular weight is 259 g/mol. The highest BCUT2D eigenvalue weighted by atomic mass is 16.2. The number of nitrogens with zero attached hydrogens (tertiary/aromatic N) is 4. The molecular formula is C13H17N5O. The molecular weight excluding hydrogens is 242 g/mol. The number of rotatable bonds is 3. The predicted octanol–water partition coefficient (Wildman–Crippen LogP) is 1.24. The summed E-state index contributed by atoms with van der Waals surface area (Å²) in [7, 11) is 3.39. The lowest BCUT2D eigenvalue weighted by atomic mass is 10.2. The van der Waals surface area contributed by atoms with Crippen LogP contribution in [0.15, 0.2) is 24.4 Å². The van der Waals surface area contributed by atoms with Gasteiger partial charge in [0.1, 0.15) is 11.5 Å². The fraction of sp³-hybridized carbons (Fsp3) is 0.308. The summed E-state index contributed by atoms with van der Waals surface area (Å²) in [6.07, 6.45) is 2.34. The largest absolute Gasteiger partial charge is 0.395 e. The first-order valence-electron chi connectivity index (χ1n) is 6.06. The highest BCUT2D eigenvalue weighted by molar-refractivity contribution is 6.07. The van der Waals surface area contributed by atoms with Crippen LogP contribution in [-0.2, 0) is 13.5 Å². The number of pyridine rings is 1. The van der Waals surface area contributed by atoms with Gasteiger partial charge in [-0.05, 0) is 18.6 Å². The molecule has 0 saturated carbocycles. The van der Waals surface area contributed by atoms with E-state index in [1.54, 1.807) is 32.4 Å². The predicted molar refractivity (Wildman–Crippen MR) is 74.0 cm³/mol. The smallest absolute Gasteiger partial charge is 0.279 e. The fourth-order valence-corrected chi connectivity index (χ4v) is 1.93. The van der Waals surface area contributed by atoms with Crippen molar-refractivity contribution >= 4 is 17.4 Å². The Bertz CT molecular complexity index is 591. The summed E-state index contributed by atoms with van der Waals surface area (Å²) in [4.78, 5) is 18.1. The van der Waals surface area contributed by atoms with E-state index in [0.717, 1.165) is 5.69 Å². The van der Waals surface area contributed by atoms with Crippen molar-refractivity contribution in [1.82, 2.24) is 14.8 Å². The molecule has 2 aromatic heterocycles. The maximum absolute atomic E-state index is 12.5. The number of carbonyl (C=O) groups excluding carboxylic acids is 1. The van der Waals surface area contributed by atoms with Gasteiger partial charge in [0.05, 0.1) is 11.4 Å². The van der Waals surface area contributed by atoms with E-state index in [1.165, 1.54) is 9.58 Å². The molecule has 2 rings (SSSR count). The lowest BCUT2D eigenvalue weighted by molar-refractivity contribution is 0.0984. The Morgan fingerprint density at radius 2 is 2.21 bits per heavy atom. The number of carbonyl (C=O) groups is 1. The molecule has 0 aliphatic rings. The Morgan fingerprint density at radius 3 is 2.74 bits per heavy atom. The molecule has 19 heavy (non-hydrogen) atoms. The minimum Gasteiger partial charge on any atom is -0.395 e. The monoisotopic (exact) mass is 259 g/mol. The lowest BCUT2D eigenvalue weighted by Crippen LogP contribution is -2.29. The van der Waals surface area contributed by atoms with E-state index >= 15 is 0 Å². The molecule has 2 aromatic rings. The molecule has 1 amide bonds. The maximum Gasteiger partial charge on any atom is 0.279 e. The van der Waals surface area contributed by atoms with Crippen LogP contribution in [0.4, 0.5) is 11.5 Å². The molecule has 0 radical (unpaired) electrons. The number of amides is 1. The minimum atomic E-state index is -0.217. The first kappa shape index (κ1) is 13.1. The van der Waals surface area contributed by atoms with Crippen LogP contribution in [-0.4, -0.2) is 27.7 Å². The number of aryl methyl sites for hydroxylation is 2. The van der Waals surface area contributed by atoms with Crippen LogP contribution in [0.5, 0.6) is 0 Å². The SMILES string of the molecule is CCc1nn(C)c(C(=O)N(C)c2ccccn2)c1N. The Labute approximate surface area is 111 Å². The van der Waals surface area contributed by atoms with Gasteiger partial charge >= 0.3 is 0 Å². The van der Waals surface area contributed by atoms with E-state index < -0.39 is 0 Å². The van der Waals surface area contributed by atoms with Crippen LogP contribution in [0.1, 0.15) is 23.1 Å². The maximum atomic E-state index is 12.5. The second kappa shape index (κ2) is 5.09. The third kappa shape index (κ3) is 2.29. The third-order valence-corrected chi connectivity index (χ3v) is 3.00. The van der Waals surface area contributed by atoms with E-state index in [-0.39, 0.29) is 5.91 Å². The Kier molecular flexibility index (Phi) is 3.50. The summed E-state index contributed by atoms with van der Waals surface area (Å²) in [6, 6.07) is 5.40. The first-order chi connectivity index (χ1) is 9.06. The van der Waals surface area contributed by atoms with E-state index in [9.17, 15) is 4.79 Å². The number of nitrogens with two attached hydrogens (primary N) is 1. The third-order valence-electron chi connectivity index (χ3n) is 3.00.